The van der Waals surface area contributed by atoms with Gasteiger partial charge in [0.05, 0.1) is 11.0 Å². The van der Waals surface area contributed by atoms with E-state index in [0.29, 0.717) is 35.6 Å². The Morgan fingerprint density at radius 2 is 1.62 bits per heavy atom. The van der Waals surface area contributed by atoms with Crippen molar-refractivity contribution in [2.75, 3.05) is 58.1 Å². The fourth-order valence-electron chi connectivity index (χ4n) is 11.7. The van der Waals surface area contributed by atoms with Crippen LogP contribution in [0.15, 0.2) is 83.9 Å². The maximum absolute atomic E-state index is 13.8. The number of nitrogen functional groups attached to an aromatic ring is 1. The monoisotopic (exact) mass is 920 g/mol. The smallest absolute Gasteiger partial charge is 0.329 e. The molecule has 0 spiro atoms. The molecule has 0 unspecified atom stereocenters. The molecule has 15 heteroatoms. The van der Waals surface area contributed by atoms with Gasteiger partial charge < -0.3 is 15.2 Å². The molecule has 6 aromatic rings. The highest BCUT2D eigenvalue weighted by Gasteiger charge is 2.34. The lowest BCUT2D eigenvalue weighted by molar-refractivity contribution is -0.135. The van der Waals surface area contributed by atoms with Crippen molar-refractivity contribution in [3.63, 3.8) is 0 Å². The number of benzene rings is 2. The summed E-state index contributed by atoms with van der Waals surface area (Å²) < 4.78 is 5.39. The number of anilines is 1. The molecule has 3 N–H and O–H groups in total. The van der Waals surface area contributed by atoms with Crippen molar-refractivity contribution in [2.24, 2.45) is 20.0 Å². The predicted octanol–water partition coefficient (Wildman–Crippen LogP) is 6.24. The van der Waals surface area contributed by atoms with Gasteiger partial charge in [0.1, 0.15) is 17.5 Å². The highest BCUT2D eigenvalue weighted by atomic mass is 16.2. The Labute approximate surface area is 397 Å². The van der Waals surface area contributed by atoms with Crippen molar-refractivity contribution in [2.45, 2.75) is 89.4 Å². The molecule has 0 saturated carbocycles. The van der Waals surface area contributed by atoms with E-state index in [1.54, 1.807) is 16.2 Å². The standard InChI is InChI=1S/C53H65N11O4/c1-5-41-33-60(31-36-6-12-44-47(28-36)59(4)53(68)64(44)45-13-15-49(65)57-51(45)66)26-27-63(41)32-35-17-22-62(23-18-35)52(67)39-9-7-37(8-10-39)38-19-24-61(25-20-38)34(2)46-29-43-42(16-21-55-50(43)58(46)3)40-11-14-48(54)56-30-40/h6-12,14,16,21,28-30,34-35,38,41,45H,5,13,15,17-20,22-27,31-33H2,1-4H3,(H2,54,56)(H,57,65,66)/t34-,41-,45-/m0/s1. The number of carbonyl (C=O) groups excluding carboxylic acids is 3. The van der Waals surface area contributed by atoms with Crippen LogP contribution in [0.3, 0.4) is 0 Å². The minimum Gasteiger partial charge on any atom is -0.384 e. The van der Waals surface area contributed by atoms with Gasteiger partial charge in [-0.25, -0.2) is 14.8 Å². The van der Waals surface area contributed by atoms with Crippen LogP contribution in [0.25, 0.3) is 33.2 Å². The Kier molecular flexibility index (Phi) is 12.8. The predicted molar refractivity (Wildman–Crippen MR) is 265 cm³/mol. The number of nitrogens with one attached hydrogen (secondary N) is 1. The largest absolute Gasteiger partial charge is 0.384 e. The molecule has 4 aromatic heterocycles. The Balaban J connectivity index is 0.688. The molecule has 2 aromatic carbocycles. The number of piperidine rings is 3. The number of aryl methyl sites for hydroxylation is 2. The number of carbonyl (C=O) groups is 3. The molecule has 4 aliphatic rings. The van der Waals surface area contributed by atoms with Crippen molar-refractivity contribution >= 4 is 45.6 Å². The number of rotatable bonds is 11. The van der Waals surface area contributed by atoms with Gasteiger partial charge in [0.15, 0.2) is 0 Å². The van der Waals surface area contributed by atoms with E-state index in [1.807, 2.05) is 30.6 Å². The molecule has 3 amide bonds. The fourth-order valence-corrected chi connectivity index (χ4v) is 11.7. The summed E-state index contributed by atoms with van der Waals surface area (Å²) in [6.07, 6.45) is 9.51. The van der Waals surface area contributed by atoms with Crippen molar-refractivity contribution in [1.82, 2.24) is 48.6 Å². The summed E-state index contributed by atoms with van der Waals surface area (Å²) in [6, 6.07) is 22.8. The molecule has 0 radical (unpaired) electrons. The van der Waals surface area contributed by atoms with Gasteiger partial charge in [-0.3, -0.25) is 43.5 Å². The van der Waals surface area contributed by atoms with Gasteiger partial charge >= 0.3 is 5.69 Å². The van der Waals surface area contributed by atoms with E-state index in [4.69, 9.17) is 10.7 Å². The highest BCUT2D eigenvalue weighted by Crippen LogP contribution is 2.36. The van der Waals surface area contributed by atoms with Crippen LogP contribution >= 0.6 is 0 Å². The summed E-state index contributed by atoms with van der Waals surface area (Å²) in [7, 11) is 3.86. The molecule has 68 heavy (non-hydrogen) atoms. The number of imide groups is 1. The highest BCUT2D eigenvalue weighted by molar-refractivity contribution is 6.00. The first-order valence-electron chi connectivity index (χ1n) is 24.7. The van der Waals surface area contributed by atoms with Crippen molar-refractivity contribution in [3.05, 3.63) is 112 Å². The second-order valence-corrected chi connectivity index (χ2v) is 19.8. The summed E-state index contributed by atoms with van der Waals surface area (Å²) in [5.74, 6) is 0.979. The third-order valence-corrected chi connectivity index (χ3v) is 15.8. The number of pyridine rings is 2. The maximum Gasteiger partial charge on any atom is 0.329 e. The van der Waals surface area contributed by atoms with Gasteiger partial charge in [-0.1, -0.05) is 25.1 Å². The second kappa shape index (κ2) is 19.1. The lowest BCUT2D eigenvalue weighted by atomic mass is 9.88. The van der Waals surface area contributed by atoms with E-state index in [9.17, 15) is 19.2 Å². The van der Waals surface area contributed by atoms with E-state index >= 15 is 0 Å². The van der Waals surface area contributed by atoms with Crippen molar-refractivity contribution < 1.29 is 14.4 Å². The molecule has 0 bridgehead atoms. The van der Waals surface area contributed by atoms with Crippen LogP contribution in [0.5, 0.6) is 0 Å². The van der Waals surface area contributed by atoms with E-state index in [2.05, 4.69) is 104 Å². The number of imidazole rings is 1. The van der Waals surface area contributed by atoms with Crippen LogP contribution in [0.1, 0.15) is 104 Å². The summed E-state index contributed by atoms with van der Waals surface area (Å²) in [6.45, 7) is 13.0. The first-order chi connectivity index (χ1) is 32.9. The van der Waals surface area contributed by atoms with E-state index in [-0.39, 0.29) is 30.0 Å². The average molecular weight is 920 g/mol. The van der Waals surface area contributed by atoms with Crippen LogP contribution in [-0.4, -0.2) is 119 Å². The Bertz CT molecular complexity index is 2890. The number of hydrogen-bond acceptors (Lipinski definition) is 10. The zero-order valence-electron chi connectivity index (χ0n) is 39.9. The van der Waals surface area contributed by atoms with Gasteiger partial charge in [-0.05, 0) is 136 Å². The SMILES string of the molecule is CC[C@H]1CN(Cc2ccc3c(c2)n(C)c(=O)n3[C@H]2CCC(=O)NC2=O)CCN1CC1CCN(C(=O)c2ccc(C3CCN([C@@H](C)c4cc5c(-c6ccc(N)nc6)ccnc5n4C)CC3)cc2)CC1. The number of piperazine rings is 1. The van der Waals surface area contributed by atoms with Gasteiger partial charge in [0.2, 0.25) is 11.8 Å². The first kappa shape index (κ1) is 45.6. The molecule has 15 nitrogen and oxygen atoms in total. The number of nitrogens with two attached hydrogens (primary N) is 1. The fraction of sp³-hybridized carbons (Fsp3) is 0.472. The molecule has 8 heterocycles. The molecule has 10 rings (SSSR count). The maximum atomic E-state index is 13.8. The van der Waals surface area contributed by atoms with Crippen LogP contribution in [0.2, 0.25) is 0 Å². The van der Waals surface area contributed by atoms with Crippen molar-refractivity contribution in [3.8, 4) is 11.1 Å². The van der Waals surface area contributed by atoms with Crippen LogP contribution in [0, 0.1) is 5.92 Å². The zero-order valence-corrected chi connectivity index (χ0v) is 39.9. The molecule has 0 aliphatic carbocycles. The normalized spacial score (nSPS) is 21.2. The Morgan fingerprint density at radius 1 is 0.838 bits per heavy atom. The number of nitrogens with zero attached hydrogens (tertiary/aromatic N) is 9. The Hall–Kier alpha value is -6.16. The summed E-state index contributed by atoms with van der Waals surface area (Å²) >= 11 is 0. The average Bonchev–Trinajstić information content (AvgIpc) is 3.83. The summed E-state index contributed by atoms with van der Waals surface area (Å²) in [4.78, 5) is 70.4. The number of hydrogen-bond donors (Lipinski definition) is 2. The quantitative estimate of drug-likeness (QED) is 0.143. The third kappa shape index (κ3) is 8.87. The van der Waals surface area contributed by atoms with E-state index in [1.165, 1.54) is 11.3 Å². The molecule has 3 atom stereocenters. The number of amides is 3. The summed E-state index contributed by atoms with van der Waals surface area (Å²) in [5, 5.41) is 3.51. The zero-order chi connectivity index (χ0) is 47.2. The second-order valence-electron chi connectivity index (χ2n) is 19.8. The molecule has 4 saturated heterocycles. The molecular formula is C53H65N11O4. The van der Waals surface area contributed by atoms with Gasteiger partial charge in [-0.15, -0.1) is 0 Å². The number of aromatic nitrogens is 5. The topological polar surface area (TPSA) is 160 Å². The van der Waals surface area contributed by atoms with Crippen molar-refractivity contribution in [1.29, 1.82) is 0 Å². The van der Waals surface area contributed by atoms with Crippen LogP contribution < -0.4 is 16.7 Å². The van der Waals surface area contributed by atoms with E-state index < -0.39 is 11.9 Å². The number of likely N-dealkylation sites (tertiary alicyclic amines) is 2. The first-order valence-corrected chi connectivity index (χ1v) is 24.7. The van der Waals surface area contributed by atoms with Gasteiger partial charge in [0, 0.05) is 113 Å². The lowest BCUT2D eigenvalue weighted by Crippen LogP contribution is -2.54. The van der Waals surface area contributed by atoms with Crippen LogP contribution in [0.4, 0.5) is 5.82 Å². The minimum atomic E-state index is -0.688. The molecule has 356 valence electrons. The third-order valence-electron chi connectivity index (χ3n) is 15.8. The Morgan fingerprint density at radius 3 is 2.34 bits per heavy atom. The lowest BCUT2D eigenvalue weighted by Gasteiger charge is -2.44. The minimum absolute atomic E-state index is 0.143. The van der Waals surface area contributed by atoms with Gasteiger partial charge in [-0.2, -0.15) is 0 Å². The van der Waals surface area contributed by atoms with E-state index in [0.717, 1.165) is 130 Å². The van der Waals surface area contributed by atoms with Gasteiger partial charge in [0.25, 0.3) is 5.91 Å². The van der Waals surface area contributed by atoms with Crippen LogP contribution in [-0.2, 0) is 30.2 Å². The molecular weight excluding hydrogens is 855 g/mol. The summed E-state index contributed by atoms with van der Waals surface area (Å²) in [5.41, 5.74) is 14.7. The molecule has 4 fully saturated rings. The number of fused-ring (bicyclic) bond motifs is 2. The molecule has 4 aliphatic heterocycles.